The smallest absolute Gasteiger partial charge is 0.258 e. The molecule has 1 saturated heterocycles. The van der Waals surface area contributed by atoms with E-state index in [0.29, 0.717) is 13.0 Å². The second kappa shape index (κ2) is 2.38. The lowest BCUT2D eigenvalue weighted by molar-refractivity contribution is -0.144. The van der Waals surface area contributed by atoms with Crippen LogP contribution in [-0.2, 0) is 9.59 Å². The van der Waals surface area contributed by atoms with Crippen molar-refractivity contribution in [3.63, 3.8) is 0 Å². The number of nitrogens with zero attached hydrogens (tertiary/aromatic N) is 1. The van der Waals surface area contributed by atoms with Crippen LogP contribution in [0.15, 0.2) is 0 Å². The van der Waals surface area contributed by atoms with Gasteiger partial charge in [0.15, 0.2) is 0 Å². The van der Waals surface area contributed by atoms with Crippen LogP contribution in [0.5, 0.6) is 0 Å². The van der Waals surface area contributed by atoms with Crippen molar-refractivity contribution in [1.29, 1.82) is 0 Å². The number of hydrogen-bond donors (Lipinski definition) is 1. The quantitative estimate of drug-likeness (QED) is 0.479. The van der Waals surface area contributed by atoms with Crippen LogP contribution in [0.25, 0.3) is 0 Å². The van der Waals surface area contributed by atoms with Crippen molar-refractivity contribution < 1.29 is 14.7 Å². The SMILES string of the molecule is CC(=O)N1CCC(O)C1=O. The summed E-state index contributed by atoms with van der Waals surface area (Å²) in [5.41, 5.74) is 0. The summed E-state index contributed by atoms with van der Waals surface area (Å²) in [5, 5.41) is 8.87. The largest absolute Gasteiger partial charge is 0.383 e. The number of rotatable bonds is 0. The molecule has 4 nitrogen and oxygen atoms in total. The monoisotopic (exact) mass is 143 g/mol. The Labute approximate surface area is 58.4 Å². The molecule has 0 radical (unpaired) electrons. The summed E-state index contributed by atoms with van der Waals surface area (Å²) < 4.78 is 0. The first-order valence-corrected chi connectivity index (χ1v) is 3.13. The van der Waals surface area contributed by atoms with E-state index in [9.17, 15) is 9.59 Å². The van der Waals surface area contributed by atoms with E-state index in [0.717, 1.165) is 4.90 Å². The molecule has 1 heterocycles. The molecule has 0 saturated carbocycles. The van der Waals surface area contributed by atoms with Crippen molar-refractivity contribution in [3.05, 3.63) is 0 Å². The fraction of sp³-hybridized carbons (Fsp3) is 0.667. The third-order valence-electron chi connectivity index (χ3n) is 1.56. The zero-order valence-electron chi connectivity index (χ0n) is 5.70. The zero-order valence-corrected chi connectivity index (χ0v) is 5.70. The minimum absolute atomic E-state index is 0.290. The summed E-state index contributed by atoms with van der Waals surface area (Å²) in [7, 11) is 0. The Bertz CT molecular complexity index is 178. The normalized spacial score (nSPS) is 25.6. The number of aliphatic hydroxyl groups is 1. The first-order chi connectivity index (χ1) is 4.63. The number of amides is 2. The predicted octanol–water partition coefficient (Wildman–Crippen LogP) is -0.874. The Morgan fingerprint density at radius 3 is 2.60 bits per heavy atom. The highest BCUT2D eigenvalue weighted by Gasteiger charge is 2.31. The van der Waals surface area contributed by atoms with Crippen molar-refractivity contribution in [3.8, 4) is 0 Å². The summed E-state index contributed by atoms with van der Waals surface area (Å²) in [4.78, 5) is 22.5. The Hall–Kier alpha value is -0.900. The summed E-state index contributed by atoms with van der Waals surface area (Å²) in [6, 6.07) is 0. The van der Waals surface area contributed by atoms with E-state index >= 15 is 0 Å². The molecule has 0 spiro atoms. The van der Waals surface area contributed by atoms with Crippen LogP contribution >= 0.6 is 0 Å². The van der Waals surface area contributed by atoms with E-state index in [1.54, 1.807) is 0 Å². The van der Waals surface area contributed by atoms with Crippen LogP contribution < -0.4 is 0 Å². The summed E-state index contributed by atoms with van der Waals surface area (Å²) in [6.07, 6.45) is -0.581. The summed E-state index contributed by atoms with van der Waals surface area (Å²) >= 11 is 0. The molecule has 2 amide bonds. The van der Waals surface area contributed by atoms with Gasteiger partial charge < -0.3 is 5.11 Å². The Morgan fingerprint density at radius 1 is 1.80 bits per heavy atom. The van der Waals surface area contributed by atoms with E-state index in [1.165, 1.54) is 6.92 Å². The maximum Gasteiger partial charge on any atom is 0.258 e. The standard InChI is InChI=1S/C6H9NO3/c1-4(8)7-3-2-5(9)6(7)10/h5,9H,2-3H2,1H3. The molecule has 0 aromatic carbocycles. The lowest BCUT2D eigenvalue weighted by Crippen LogP contribution is -2.33. The number of aliphatic hydroxyl groups excluding tert-OH is 1. The molecule has 1 fully saturated rings. The molecule has 1 N–H and O–H groups in total. The average molecular weight is 143 g/mol. The third kappa shape index (κ3) is 1.02. The van der Waals surface area contributed by atoms with Crippen LogP contribution in [0, 0.1) is 0 Å². The first-order valence-electron chi connectivity index (χ1n) is 3.13. The Balaban J connectivity index is 2.66. The van der Waals surface area contributed by atoms with Gasteiger partial charge in [-0.1, -0.05) is 0 Å². The lowest BCUT2D eigenvalue weighted by atomic mass is 10.3. The molecule has 1 aliphatic heterocycles. The molecular weight excluding hydrogens is 134 g/mol. The minimum Gasteiger partial charge on any atom is -0.383 e. The van der Waals surface area contributed by atoms with Gasteiger partial charge in [-0.25, -0.2) is 0 Å². The number of carbonyl (C=O) groups is 2. The number of hydrogen-bond acceptors (Lipinski definition) is 3. The lowest BCUT2D eigenvalue weighted by Gasteiger charge is -2.08. The van der Waals surface area contributed by atoms with Gasteiger partial charge in [0.2, 0.25) is 5.91 Å². The van der Waals surface area contributed by atoms with E-state index in [-0.39, 0.29) is 5.91 Å². The number of carbonyl (C=O) groups excluding carboxylic acids is 2. The predicted molar refractivity (Wildman–Crippen MR) is 33.0 cm³/mol. The van der Waals surface area contributed by atoms with Crippen molar-refractivity contribution >= 4 is 11.8 Å². The van der Waals surface area contributed by atoms with Crippen LogP contribution in [0.3, 0.4) is 0 Å². The fourth-order valence-corrected chi connectivity index (χ4v) is 0.978. The van der Waals surface area contributed by atoms with Crippen molar-refractivity contribution in [2.75, 3.05) is 6.54 Å². The number of imide groups is 1. The molecule has 1 aliphatic rings. The van der Waals surface area contributed by atoms with Gasteiger partial charge in [-0.15, -0.1) is 0 Å². The minimum atomic E-state index is -0.955. The molecule has 0 aliphatic carbocycles. The highest BCUT2D eigenvalue weighted by molar-refractivity contribution is 5.97. The topological polar surface area (TPSA) is 57.6 Å². The van der Waals surface area contributed by atoms with Gasteiger partial charge in [0.1, 0.15) is 6.10 Å². The van der Waals surface area contributed by atoms with Crippen LogP contribution in [0.4, 0.5) is 0 Å². The maximum absolute atomic E-state index is 10.8. The van der Waals surface area contributed by atoms with Crippen LogP contribution in [-0.4, -0.2) is 34.5 Å². The molecule has 0 aromatic heterocycles. The van der Waals surface area contributed by atoms with Gasteiger partial charge >= 0.3 is 0 Å². The molecule has 4 heteroatoms. The molecule has 56 valence electrons. The van der Waals surface area contributed by atoms with Gasteiger partial charge in [0, 0.05) is 19.9 Å². The van der Waals surface area contributed by atoms with Gasteiger partial charge in [0.25, 0.3) is 5.91 Å². The molecule has 1 atom stereocenters. The summed E-state index contributed by atoms with van der Waals surface area (Å²) in [5.74, 6) is -0.756. The third-order valence-corrected chi connectivity index (χ3v) is 1.56. The molecule has 0 aromatic rings. The van der Waals surface area contributed by atoms with E-state index in [4.69, 9.17) is 5.11 Å². The Morgan fingerprint density at radius 2 is 2.40 bits per heavy atom. The van der Waals surface area contributed by atoms with Gasteiger partial charge in [-0.3, -0.25) is 14.5 Å². The van der Waals surface area contributed by atoms with Gasteiger partial charge in [-0.05, 0) is 0 Å². The Kier molecular flexibility index (Phi) is 1.72. The second-order valence-corrected chi connectivity index (χ2v) is 2.31. The molecule has 10 heavy (non-hydrogen) atoms. The van der Waals surface area contributed by atoms with Crippen molar-refractivity contribution in [1.82, 2.24) is 4.90 Å². The van der Waals surface area contributed by atoms with Gasteiger partial charge in [0.05, 0.1) is 0 Å². The first kappa shape index (κ1) is 7.21. The fourth-order valence-electron chi connectivity index (χ4n) is 0.978. The highest BCUT2D eigenvalue weighted by Crippen LogP contribution is 2.09. The van der Waals surface area contributed by atoms with Crippen LogP contribution in [0.2, 0.25) is 0 Å². The molecule has 1 unspecified atom stereocenters. The zero-order chi connectivity index (χ0) is 7.72. The second-order valence-electron chi connectivity index (χ2n) is 2.31. The molecular formula is C6H9NO3. The maximum atomic E-state index is 10.8. The van der Waals surface area contributed by atoms with Gasteiger partial charge in [-0.2, -0.15) is 0 Å². The number of likely N-dealkylation sites (tertiary alicyclic amines) is 1. The van der Waals surface area contributed by atoms with Crippen LogP contribution in [0.1, 0.15) is 13.3 Å². The van der Waals surface area contributed by atoms with E-state index in [2.05, 4.69) is 0 Å². The van der Waals surface area contributed by atoms with Crippen molar-refractivity contribution in [2.24, 2.45) is 0 Å². The van der Waals surface area contributed by atoms with E-state index < -0.39 is 12.0 Å². The van der Waals surface area contributed by atoms with E-state index in [1.807, 2.05) is 0 Å². The molecule has 0 bridgehead atoms. The summed E-state index contributed by atoms with van der Waals surface area (Å²) in [6.45, 7) is 1.67. The van der Waals surface area contributed by atoms with Crippen molar-refractivity contribution in [2.45, 2.75) is 19.4 Å². The molecule has 1 rings (SSSR count). The average Bonchev–Trinajstić information content (AvgIpc) is 2.14. The highest BCUT2D eigenvalue weighted by atomic mass is 16.3.